The maximum atomic E-state index is 13.9. The Bertz CT molecular complexity index is 1700. The van der Waals surface area contributed by atoms with Crippen LogP contribution in [0.4, 0.5) is 10.7 Å². The fourth-order valence-electron chi connectivity index (χ4n) is 5.83. The van der Waals surface area contributed by atoms with Gasteiger partial charge in [0.05, 0.1) is 23.2 Å². The van der Waals surface area contributed by atoms with Crippen molar-refractivity contribution in [3.8, 4) is 17.1 Å². The molecule has 11 nitrogen and oxygen atoms in total. The largest absolute Gasteiger partial charge is 0.470 e. The number of aryl methyl sites for hydroxylation is 2. The number of rotatable bonds is 3. The fourth-order valence-corrected chi connectivity index (χ4v) is 6.81. The minimum absolute atomic E-state index is 0.101. The summed E-state index contributed by atoms with van der Waals surface area (Å²) in [7, 11) is -4.17. The predicted octanol–water partition coefficient (Wildman–Crippen LogP) is 5.43. The molecule has 3 heterocycles. The van der Waals surface area contributed by atoms with Crippen molar-refractivity contribution in [2.75, 3.05) is 24.4 Å². The predicted molar refractivity (Wildman–Crippen MR) is 171 cm³/mol. The number of sulfonamides is 1. The number of aromatic nitrogens is 2. The van der Waals surface area contributed by atoms with Crippen molar-refractivity contribution in [2.45, 2.75) is 77.5 Å². The first-order valence-electron chi connectivity index (χ1n) is 15.2. The van der Waals surface area contributed by atoms with Gasteiger partial charge in [0.25, 0.3) is 15.9 Å². The molecule has 3 aromatic rings. The Morgan fingerprint density at radius 3 is 2.42 bits per heavy atom. The Morgan fingerprint density at radius 1 is 1.07 bits per heavy atom. The quantitative estimate of drug-likeness (QED) is 0.403. The third-order valence-electron chi connectivity index (χ3n) is 7.80. The van der Waals surface area contributed by atoms with Crippen molar-refractivity contribution in [1.29, 1.82) is 0 Å². The number of nitrogens with one attached hydrogen (secondary N) is 1. The van der Waals surface area contributed by atoms with E-state index in [4.69, 9.17) is 9.47 Å². The average molecular weight is 636 g/mol. The highest BCUT2D eigenvalue weighted by molar-refractivity contribution is 7.92. The standard InChI is InChI=1S/C33H41N5O6S/c1-20(2)16-26-27-19-37(14-15-38(26)32(40)44-33(5,6)7)30(39)23-12-9-13-24(17-23)45(41,42)36-31-34-25(18-28(35-31)43-27)29-21(3)10-8-11-22(29)4/h8-13,17-18,20,26-27H,14-16,19H2,1-7H3,(H,34,35,36)/t26?,27-/m0/s1. The highest BCUT2D eigenvalue weighted by Gasteiger charge is 2.40. The van der Waals surface area contributed by atoms with Crippen molar-refractivity contribution in [2.24, 2.45) is 5.92 Å². The SMILES string of the molecule is Cc1cccc(C)c1-c1cc2nc(n1)NS(=O)(=O)c1cccc(c1)C(=O)N1CCN(C(=O)OC(C)(C)C)C(CC(C)C)[C@H](C1)O2. The van der Waals surface area contributed by atoms with Crippen LogP contribution >= 0.6 is 0 Å². The molecule has 1 aromatic heterocycles. The number of carbonyl (C=O) groups excluding carboxylic acids is 2. The van der Waals surface area contributed by atoms with E-state index < -0.39 is 33.9 Å². The number of hydrogen-bond donors (Lipinski definition) is 1. The number of benzene rings is 2. The second-order valence-corrected chi connectivity index (χ2v) is 14.8. The summed E-state index contributed by atoms with van der Waals surface area (Å²) < 4.78 is 42.0. The Morgan fingerprint density at radius 2 is 1.76 bits per heavy atom. The van der Waals surface area contributed by atoms with Crippen LogP contribution in [0.2, 0.25) is 0 Å². The Labute approximate surface area is 265 Å². The monoisotopic (exact) mass is 635 g/mol. The van der Waals surface area contributed by atoms with E-state index in [0.717, 1.165) is 16.7 Å². The van der Waals surface area contributed by atoms with E-state index >= 15 is 0 Å². The fraction of sp³-hybridized carbons (Fsp3) is 0.455. The van der Waals surface area contributed by atoms with Gasteiger partial charge in [-0.15, -0.1) is 0 Å². The van der Waals surface area contributed by atoms with Crippen LogP contribution in [0.5, 0.6) is 5.88 Å². The third kappa shape index (κ3) is 7.22. The molecule has 1 saturated heterocycles. The number of fused-ring (bicyclic) bond motifs is 6. The van der Waals surface area contributed by atoms with Gasteiger partial charge in [0.2, 0.25) is 11.8 Å². The van der Waals surface area contributed by atoms with E-state index in [9.17, 15) is 18.0 Å². The molecule has 0 aliphatic carbocycles. The molecule has 0 radical (unpaired) electrons. The summed E-state index contributed by atoms with van der Waals surface area (Å²) in [6, 6.07) is 12.9. The molecule has 0 spiro atoms. The Hall–Kier alpha value is -4.19. The lowest BCUT2D eigenvalue weighted by atomic mass is 9.97. The van der Waals surface area contributed by atoms with Gasteiger partial charge < -0.3 is 14.4 Å². The smallest absolute Gasteiger partial charge is 0.410 e. The highest BCUT2D eigenvalue weighted by Crippen LogP contribution is 2.32. The molecule has 2 aliphatic rings. The molecule has 2 aliphatic heterocycles. The van der Waals surface area contributed by atoms with Crippen molar-refractivity contribution >= 4 is 28.0 Å². The molecule has 1 unspecified atom stereocenters. The molecule has 5 rings (SSSR count). The molecule has 1 N–H and O–H groups in total. The summed E-state index contributed by atoms with van der Waals surface area (Å²) in [5.74, 6) is -0.257. The first-order valence-corrected chi connectivity index (χ1v) is 16.6. The Kier molecular flexibility index (Phi) is 8.81. The van der Waals surface area contributed by atoms with Gasteiger partial charge in [0.1, 0.15) is 11.7 Å². The van der Waals surface area contributed by atoms with Crippen molar-refractivity contribution in [3.63, 3.8) is 0 Å². The van der Waals surface area contributed by atoms with E-state index in [1.165, 1.54) is 18.2 Å². The van der Waals surface area contributed by atoms with Gasteiger partial charge in [-0.05, 0) is 76.3 Å². The van der Waals surface area contributed by atoms with Crippen LogP contribution in [-0.4, -0.2) is 77.6 Å². The molecule has 240 valence electrons. The molecular weight excluding hydrogens is 594 g/mol. The lowest BCUT2D eigenvalue weighted by Crippen LogP contribution is -2.51. The molecule has 45 heavy (non-hydrogen) atoms. The zero-order valence-electron chi connectivity index (χ0n) is 26.8. The topological polar surface area (TPSA) is 131 Å². The molecule has 1 fully saturated rings. The number of anilines is 1. The van der Waals surface area contributed by atoms with Gasteiger partial charge in [0, 0.05) is 30.3 Å². The molecule has 2 aromatic carbocycles. The zero-order chi connectivity index (χ0) is 32.7. The lowest BCUT2D eigenvalue weighted by molar-refractivity contribution is -0.000141. The number of carbonyl (C=O) groups is 2. The molecule has 2 amide bonds. The second kappa shape index (κ2) is 12.3. The first kappa shape index (κ1) is 32.2. The zero-order valence-corrected chi connectivity index (χ0v) is 27.6. The van der Waals surface area contributed by atoms with Gasteiger partial charge in [-0.3, -0.25) is 9.69 Å². The van der Waals surface area contributed by atoms with Crippen LogP contribution in [0.3, 0.4) is 0 Å². The van der Waals surface area contributed by atoms with E-state index in [0.29, 0.717) is 12.1 Å². The van der Waals surface area contributed by atoms with E-state index in [2.05, 4.69) is 28.5 Å². The maximum Gasteiger partial charge on any atom is 0.410 e. The highest BCUT2D eigenvalue weighted by atomic mass is 32.2. The number of hydrogen-bond acceptors (Lipinski definition) is 8. The maximum absolute atomic E-state index is 13.9. The summed E-state index contributed by atoms with van der Waals surface area (Å²) in [5, 5.41) is 0. The summed E-state index contributed by atoms with van der Waals surface area (Å²) in [4.78, 5) is 39.8. The van der Waals surface area contributed by atoms with Crippen LogP contribution < -0.4 is 9.46 Å². The first-order chi connectivity index (χ1) is 21.1. The molecule has 6 bridgehead atoms. The van der Waals surface area contributed by atoms with Gasteiger partial charge in [0.15, 0.2) is 0 Å². The number of ether oxygens (including phenoxy) is 2. The van der Waals surface area contributed by atoms with E-state index in [1.807, 2.05) is 52.8 Å². The van der Waals surface area contributed by atoms with Gasteiger partial charge >= 0.3 is 6.09 Å². The van der Waals surface area contributed by atoms with Crippen molar-refractivity contribution in [1.82, 2.24) is 19.8 Å². The molecule has 0 saturated carbocycles. The van der Waals surface area contributed by atoms with E-state index in [-0.39, 0.29) is 53.7 Å². The second-order valence-electron chi connectivity index (χ2n) is 13.1. The summed E-state index contributed by atoms with van der Waals surface area (Å²) in [5.41, 5.74) is 2.66. The van der Waals surface area contributed by atoms with Crippen LogP contribution in [-0.2, 0) is 14.8 Å². The van der Waals surface area contributed by atoms with Crippen LogP contribution in [0.15, 0.2) is 53.4 Å². The molecule has 12 heteroatoms. The summed E-state index contributed by atoms with van der Waals surface area (Å²) >= 11 is 0. The number of amides is 2. The molecule has 2 atom stereocenters. The third-order valence-corrected chi connectivity index (χ3v) is 9.12. The lowest BCUT2D eigenvalue weighted by Gasteiger charge is -2.36. The normalized spacial score (nSPS) is 19.8. The van der Waals surface area contributed by atoms with Gasteiger partial charge in [-0.2, -0.15) is 4.98 Å². The minimum Gasteiger partial charge on any atom is -0.470 e. The van der Waals surface area contributed by atoms with Crippen LogP contribution in [0.1, 0.15) is 62.5 Å². The summed E-state index contributed by atoms with van der Waals surface area (Å²) in [6.07, 6.45) is -0.651. The van der Waals surface area contributed by atoms with Crippen molar-refractivity contribution < 1.29 is 27.5 Å². The number of nitrogens with zero attached hydrogens (tertiary/aromatic N) is 4. The van der Waals surface area contributed by atoms with Crippen LogP contribution in [0, 0.1) is 19.8 Å². The Balaban J connectivity index is 1.71. The average Bonchev–Trinajstić information content (AvgIpc) is 3.10. The van der Waals surface area contributed by atoms with Crippen LogP contribution in [0.25, 0.3) is 11.3 Å². The van der Waals surface area contributed by atoms with Gasteiger partial charge in [-0.1, -0.05) is 38.1 Å². The summed E-state index contributed by atoms with van der Waals surface area (Å²) in [6.45, 7) is 14.0. The van der Waals surface area contributed by atoms with Crippen molar-refractivity contribution in [3.05, 3.63) is 65.2 Å². The minimum atomic E-state index is -4.17. The van der Waals surface area contributed by atoms with E-state index in [1.54, 1.807) is 21.9 Å². The van der Waals surface area contributed by atoms with Gasteiger partial charge in [-0.25, -0.2) is 22.9 Å². The molecular formula is C33H41N5O6S.